The number of nitrogens with one attached hydrogen (secondary N) is 1. The van der Waals surface area contributed by atoms with E-state index in [-0.39, 0.29) is 0 Å². The monoisotopic (exact) mass is 289 g/mol. The van der Waals surface area contributed by atoms with Gasteiger partial charge in [-0.25, -0.2) is 0 Å². The third-order valence-electron chi connectivity index (χ3n) is 2.82. The highest BCUT2D eigenvalue weighted by atomic mass is 79.9. The second-order valence-corrected chi connectivity index (χ2v) is 6.01. The highest BCUT2D eigenvalue weighted by Gasteiger charge is 2.27. The molecule has 2 heterocycles. The lowest BCUT2D eigenvalue weighted by molar-refractivity contribution is 0.406. The number of furan rings is 1. The molecule has 0 amide bonds. The zero-order valence-corrected chi connectivity index (χ0v) is 11.2. The van der Waals surface area contributed by atoms with E-state index in [9.17, 15) is 0 Å². The lowest BCUT2D eigenvalue weighted by atomic mass is 10.1. The van der Waals surface area contributed by atoms with Crippen LogP contribution in [-0.2, 0) is 0 Å². The van der Waals surface area contributed by atoms with Crippen molar-refractivity contribution < 1.29 is 4.42 Å². The molecule has 2 rings (SSSR count). The molecule has 1 aromatic heterocycles. The predicted octanol–water partition coefficient (Wildman–Crippen LogP) is 3.59. The topological polar surface area (TPSA) is 25.2 Å². The average Bonchev–Trinajstić information content (AvgIpc) is 2.68. The molecule has 0 aromatic carbocycles. The Morgan fingerprint density at radius 1 is 1.60 bits per heavy atom. The first-order chi connectivity index (χ1) is 7.33. The van der Waals surface area contributed by atoms with Crippen LogP contribution < -0.4 is 5.32 Å². The second-order valence-electron chi connectivity index (χ2n) is 3.80. The van der Waals surface area contributed by atoms with Gasteiger partial charge in [0.15, 0.2) is 0 Å². The Balaban J connectivity index is 2.12. The Labute approximate surface area is 103 Å². The fourth-order valence-corrected chi connectivity index (χ4v) is 3.95. The van der Waals surface area contributed by atoms with E-state index in [0.717, 1.165) is 10.2 Å². The maximum atomic E-state index is 5.55. The van der Waals surface area contributed by atoms with Crippen molar-refractivity contribution in [2.24, 2.45) is 0 Å². The number of halogens is 1. The molecule has 2 unspecified atom stereocenters. The summed E-state index contributed by atoms with van der Waals surface area (Å²) in [7, 11) is 2.01. The van der Waals surface area contributed by atoms with Crippen molar-refractivity contribution in [2.75, 3.05) is 12.8 Å². The van der Waals surface area contributed by atoms with Crippen LogP contribution in [0.25, 0.3) is 0 Å². The first-order valence-electron chi connectivity index (χ1n) is 5.34. The zero-order valence-electron chi connectivity index (χ0n) is 8.83. The third kappa shape index (κ3) is 2.60. The summed E-state index contributed by atoms with van der Waals surface area (Å²) < 4.78 is 6.62. The molecule has 84 valence electrons. The van der Waals surface area contributed by atoms with E-state index in [2.05, 4.69) is 33.0 Å². The van der Waals surface area contributed by atoms with Gasteiger partial charge in [0.25, 0.3) is 0 Å². The Morgan fingerprint density at radius 2 is 2.47 bits per heavy atom. The molecule has 4 heteroatoms. The lowest BCUT2D eigenvalue weighted by Crippen LogP contribution is -2.29. The smallest absolute Gasteiger partial charge is 0.135 e. The van der Waals surface area contributed by atoms with Gasteiger partial charge in [0.05, 0.1) is 16.8 Å². The van der Waals surface area contributed by atoms with Gasteiger partial charge in [-0.1, -0.05) is 6.42 Å². The van der Waals surface area contributed by atoms with E-state index in [4.69, 9.17) is 4.42 Å². The summed E-state index contributed by atoms with van der Waals surface area (Å²) in [6, 6.07) is 2.30. The van der Waals surface area contributed by atoms with Crippen LogP contribution in [0.3, 0.4) is 0 Å². The molecular formula is C11H16BrNOS. The molecule has 1 N–H and O–H groups in total. The normalized spacial score (nSPS) is 24.0. The predicted molar refractivity (Wildman–Crippen MR) is 68.3 cm³/mol. The van der Waals surface area contributed by atoms with Crippen molar-refractivity contribution in [1.29, 1.82) is 0 Å². The molecule has 15 heavy (non-hydrogen) atoms. The Morgan fingerprint density at radius 3 is 3.00 bits per heavy atom. The van der Waals surface area contributed by atoms with E-state index in [1.165, 1.54) is 25.0 Å². The van der Waals surface area contributed by atoms with E-state index < -0.39 is 0 Å². The minimum Gasteiger partial charge on any atom is -0.466 e. The molecule has 0 aliphatic carbocycles. The second kappa shape index (κ2) is 5.41. The van der Waals surface area contributed by atoms with Gasteiger partial charge in [0.2, 0.25) is 0 Å². The van der Waals surface area contributed by atoms with Crippen LogP contribution in [0.2, 0.25) is 0 Å². The summed E-state index contributed by atoms with van der Waals surface area (Å²) in [5.74, 6) is 2.32. The minimum absolute atomic E-state index is 0.333. The summed E-state index contributed by atoms with van der Waals surface area (Å²) in [4.78, 5) is 0. The van der Waals surface area contributed by atoms with Crippen LogP contribution in [0.1, 0.15) is 31.1 Å². The summed E-state index contributed by atoms with van der Waals surface area (Å²) in [6.07, 6.45) is 5.73. The van der Waals surface area contributed by atoms with Crippen LogP contribution in [0.5, 0.6) is 0 Å². The Bertz CT molecular complexity index is 309. The van der Waals surface area contributed by atoms with Gasteiger partial charge in [-0.2, -0.15) is 11.8 Å². The quantitative estimate of drug-likeness (QED) is 0.921. The third-order valence-corrected chi connectivity index (χ3v) is 4.94. The van der Waals surface area contributed by atoms with Gasteiger partial charge in [-0.05, 0) is 47.6 Å². The molecule has 0 spiro atoms. The van der Waals surface area contributed by atoms with Crippen LogP contribution in [0, 0.1) is 0 Å². The Hall–Kier alpha value is 0.0700. The van der Waals surface area contributed by atoms with E-state index in [1.807, 2.05) is 13.1 Å². The van der Waals surface area contributed by atoms with Gasteiger partial charge in [-0.15, -0.1) is 0 Å². The maximum absolute atomic E-state index is 5.55. The van der Waals surface area contributed by atoms with Gasteiger partial charge in [-0.3, -0.25) is 0 Å². The first-order valence-corrected chi connectivity index (χ1v) is 7.19. The highest BCUT2D eigenvalue weighted by Crippen LogP contribution is 2.37. The van der Waals surface area contributed by atoms with Crippen LogP contribution in [0.4, 0.5) is 0 Å². The minimum atomic E-state index is 0.333. The molecule has 0 saturated carbocycles. The standard InChI is InChI=1S/C11H16BrNOS/c1-13-10(9-4-2-3-7-15-9)11-8(12)5-6-14-11/h5-6,9-10,13H,2-4,7H2,1H3. The van der Waals surface area contributed by atoms with Crippen LogP contribution >= 0.6 is 27.7 Å². The molecule has 1 fully saturated rings. The molecule has 1 aliphatic heterocycles. The van der Waals surface area contributed by atoms with E-state index in [0.29, 0.717) is 11.3 Å². The fourth-order valence-electron chi connectivity index (χ4n) is 2.04. The van der Waals surface area contributed by atoms with Gasteiger partial charge < -0.3 is 9.73 Å². The van der Waals surface area contributed by atoms with Crippen molar-refractivity contribution in [3.05, 3.63) is 22.6 Å². The van der Waals surface area contributed by atoms with Crippen molar-refractivity contribution in [3.8, 4) is 0 Å². The van der Waals surface area contributed by atoms with E-state index >= 15 is 0 Å². The van der Waals surface area contributed by atoms with Crippen molar-refractivity contribution >= 4 is 27.7 Å². The van der Waals surface area contributed by atoms with Crippen molar-refractivity contribution in [3.63, 3.8) is 0 Å². The SMILES string of the molecule is CNC(c1occc1Br)C1CCCCS1. The molecule has 0 bridgehead atoms. The number of rotatable bonds is 3. The van der Waals surface area contributed by atoms with Crippen LogP contribution in [0.15, 0.2) is 21.2 Å². The van der Waals surface area contributed by atoms with Crippen LogP contribution in [-0.4, -0.2) is 18.1 Å². The number of thioether (sulfide) groups is 1. The highest BCUT2D eigenvalue weighted by molar-refractivity contribution is 9.10. The Kier molecular flexibility index (Phi) is 4.17. The van der Waals surface area contributed by atoms with Gasteiger partial charge in [0, 0.05) is 5.25 Å². The summed E-state index contributed by atoms with van der Waals surface area (Å²) >= 11 is 5.59. The average molecular weight is 290 g/mol. The van der Waals surface area contributed by atoms with E-state index in [1.54, 1.807) is 6.26 Å². The molecule has 1 saturated heterocycles. The van der Waals surface area contributed by atoms with Crippen molar-refractivity contribution in [1.82, 2.24) is 5.32 Å². The first kappa shape index (κ1) is 11.6. The molecule has 1 aromatic rings. The fraction of sp³-hybridized carbons (Fsp3) is 0.636. The molecule has 2 atom stereocenters. The summed E-state index contributed by atoms with van der Waals surface area (Å²) in [6.45, 7) is 0. The molecule has 0 radical (unpaired) electrons. The summed E-state index contributed by atoms with van der Waals surface area (Å²) in [5.41, 5.74) is 0. The lowest BCUT2D eigenvalue weighted by Gasteiger charge is -2.28. The number of hydrogen-bond acceptors (Lipinski definition) is 3. The largest absolute Gasteiger partial charge is 0.466 e. The van der Waals surface area contributed by atoms with Gasteiger partial charge >= 0.3 is 0 Å². The summed E-state index contributed by atoms with van der Waals surface area (Å²) in [5, 5.41) is 4.02. The zero-order chi connectivity index (χ0) is 10.7. The van der Waals surface area contributed by atoms with Crippen molar-refractivity contribution in [2.45, 2.75) is 30.6 Å². The maximum Gasteiger partial charge on any atom is 0.135 e. The molecular weight excluding hydrogens is 274 g/mol. The molecule has 2 nitrogen and oxygen atoms in total. The number of hydrogen-bond donors (Lipinski definition) is 1. The van der Waals surface area contributed by atoms with Gasteiger partial charge in [0.1, 0.15) is 5.76 Å². The molecule has 1 aliphatic rings.